The molecular formula is C15H21ClN2O3S. The monoisotopic (exact) mass is 344 g/mol. The first-order valence-corrected chi connectivity index (χ1v) is 9.22. The van der Waals surface area contributed by atoms with Crippen LogP contribution in [0.15, 0.2) is 24.3 Å². The van der Waals surface area contributed by atoms with Gasteiger partial charge in [0.1, 0.15) is 0 Å². The third-order valence-electron chi connectivity index (χ3n) is 3.81. The topological polar surface area (TPSA) is 57.7 Å². The summed E-state index contributed by atoms with van der Waals surface area (Å²) in [5.74, 6) is -0.350. The van der Waals surface area contributed by atoms with Crippen LogP contribution in [0.2, 0.25) is 5.02 Å². The highest BCUT2D eigenvalue weighted by Crippen LogP contribution is 2.23. The van der Waals surface area contributed by atoms with Gasteiger partial charge in [0, 0.05) is 32.2 Å². The van der Waals surface area contributed by atoms with Crippen LogP contribution in [0.4, 0.5) is 0 Å². The van der Waals surface area contributed by atoms with Crippen molar-refractivity contribution in [3.63, 3.8) is 0 Å². The molecule has 1 aromatic carbocycles. The molecule has 1 amide bonds. The lowest BCUT2D eigenvalue weighted by atomic mass is 9.98. The van der Waals surface area contributed by atoms with E-state index in [0.29, 0.717) is 23.6 Å². The molecule has 5 nitrogen and oxygen atoms in total. The van der Waals surface area contributed by atoms with Crippen molar-refractivity contribution in [2.75, 3.05) is 27.2 Å². The zero-order valence-corrected chi connectivity index (χ0v) is 14.4. The molecule has 0 N–H and O–H groups in total. The minimum Gasteiger partial charge on any atom is -0.349 e. The molecule has 1 aromatic rings. The third-order valence-corrected chi connectivity index (χ3v) is 5.86. The summed E-state index contributed by atoms with van der Waals surface area (Å²) >= 11 is 5.90. The van der Waals surface area contributed by atoms with Gasteiger partial charge in [-0.1, -0.05) is 23.7 Å². The summed E-state index contributed by atoms with van der Waals surface area (Å²) in [6.45, 7) is 0.736. The Morgan fingerprint density at radius 3 is 2.77 bits per heavy atom. The Labute approximate surface area is 136 Å². The van der Waals surface area contributed by atoms with E-state index in [1.165, 1.54) is 9.21 Å². The lowest BCUT2D eigenvalue weighted by Gasteiger charge is -2.32. The SMILES string of the molecule is CN(C)C(=O)C1CCCN(S(=O)(=O)Cc2cccc(Cl)c2)C1. The second-order valence-electron chi connectivity index (χ2n) is 5.82. The number of benzene rings is 1. The molecule has 1 unspecified atom stereocenters. The van der Waals surface area contributed by atoms with Gasteiger partial charge in [-0.2, -0.15) is 0 Å². The largest absolute Gasteiger partial charge is 0.349 e. The molecule has 7 heteroatoms. The second-order valence-corrected chi connectivity index (χ2v) is 8.22. The molecule has 1 fully saturated rings. The van der Waals surface area contributed by atoms with Crippen molar-refractivity contribution in [2.24, 2.45) is 5.92 Å². The zero-order valence-electron chi connectivity index (χ0n) is 12.8. The molecule has 1 saturated heterocycles. The third kappa shape index (κ3) is 4.21. The number of sulfonamides is 1. The van der Waals surface area contributed by atoms with Gasteiger partial charge in [-0.05, 0) is 30.5 Å². The van der Waals surface area contributed by atoms with Crippen molar-refractivity contribution in [1.29, 1.82) is 0 Å². The standard InChI is InChI=1S/C15H21ClN2O3S/c1-17(2)15(19)13-6-4-8-18(10-13)22(20,21)11-12-5-3-7-14(16)9-12/h3,5,7,9,13H,4,6,8,10-11H2,1-2H3. The summed E-state index contributed by atoms with van der Waals surface area (Å²) in [5, 5.41) is 0.520. The first-order valence-electron chi connectivity index (χ1n) is 7.23. The average molecular weight is 345 g/mol. The highest BCUT2D eigenvalue weighted by Gasteiger charge is 2.32. The van der Waals surface area contributed by atoms with E-state index < -0.39 is 10.0 Å². The highest BCUT2D eigenvalue weighted by atomic mass is 35.5. The van der Waals surface area contributed by atoms with Gasteiger partial charge in [-0.3, -0.25) is 4.79 Å². The summed E-state index contributed by atoms with van der Waals surface area (Å²) in [4.78, 5) is 13.6. The minimum absolute atomic E-state index is 0.0114. The average Bonchev–Trinajstić information content (AvgIpc) is 2.46. The minimum atomic E-state index is -3.44. The van der Waals surface area contributed by atoms with Crippen molar-refractivity contribution in [2.45, 2.75) is 18.6 Å². The summed E-state index contributed by atoms with van der Waals surface area (Å²) in [5.41, 5.74) is 0.661. The van der Waals surface area contributed by atoms with Crippen LogP contribution in [-0.4, -0.2) is 50.7 Å². The maximum atomic E-state index is 12.6. The molecule has 1 aliphatic rings. The maximum absolute atomic E-state index is 12.6. The van der Waals surface area contributed by atoms with Crippen LogP contribution in [0.25, 0.3) is 0 Å². The number of piperidine rings is 1. The Balaban J connectivity index is 2.10. The fourth-order valence-electron chi connectivity index (χ4n) is 2.69. The van der Waals surface area contributed by atoms with E-state index in [4.69, 9.17) is 11.6 Å². The van der Waals surface area contributed by atoms with Gasteiger partial charge in [0.25, 0.3) is 0 Å². The van der Waals surface area contributed by atoms with Crippen LogP contribution < -0.4 is 0 Å². The zero-order chi connectivity index (χ0) is 16.3. The first-order chi connectivity index (χ1) is 10.3. The Hall–Kier alpha value is -1.11. The first kappa shape index (κ1) is 17.2. The number of hydrogen-bond acceptors (Lipinski definition) is 3. The molecule has 2 rings (SSSR count). The van der Waals surface area contributed by atoms with Gasteiger partial charge in [0.05, 0.1) is 11.7 Å². The van der Waals surface area contributed by atoms with Crippen molar-refractivity contribution >= 4 is 27.5 Å². The van der Waals surface area contributed by atoms with Crippen LogP contribution in [0.5, 0.6) is 0 Å². The van der Waals surface area contributed by atoms with Crippen molar-refractivity contribution < 1.29 is 13.2 Å². The predicted molar refractivity (Wildman–Crippen MR) is 87.1 cm³/mol. The number of halogens is 1. The van der Waals surface area contributed by atoms with E-state index >= 15 is 0 Å². The number of carbonyl (C=O) groups is 1. The van der Waals surface area contributed by atoms with Crippen LogP contribution in [0, 0.1) is 5.92 Å². The molecule has 0 radical (unpaired) electrons. The van der Waals surface area contributed by atoms with Crippen LogP contribution in [0.1, 0.15) is 18.4 Å². The summed E-state index contributed by atoms with van der Waals surface area (Å²) in [6.07, 6.45) is 1.44. The lowest BCUT2D eigenvalue weighted by Crippen LogP contribution is -2.45. The number of hydrogen-bond donors (Lipinski definition) is 0. The molecule has 0 aliphatic carbocycles. The van der Waals surface area contributed by atoms with Crippen LogP contribution in [-0.2, 0) is 20.6 Å². The van der Waals surface area contributed by atoms with E-state index in [1.54, 1.807) is 38.4 Å². The van der Waals surface area contributed by atoms with E-state index in [1.807, 2.05) is 0 Å². The number of rotatable bonds is 4. The highest BCUT2D eigenvalue weighted by molar-refractivity contribution is 7.88. The Morgan fingerprint density at radius 1 is 1.41 bits per heavy atom. The molecule has 122 valence electrons. The second kappa shape index (κ2) is 6.98. The van der Waals surface area contributed by atoms with Gasteiger partial charge in [0.15, 0.2) is 0 Å². The maximum Gasteiger partial charge on any atom is 0.226 e. The summed E-state index contributed by atoms with van der Waals surface area (Å²) in [6, 6.07) is 6.85. The molecule has 22 heavy (non-hydrogen) atoms. The van der Waals surface area contributed by atoms with Gasteiger partial charge >= 0.3 is 0 Å². The Morgan fingerprint density at radius 2 is 2.14 bits per heavy atom. The van der Waals surface area contributed by atoms with Crippen molar-refractivity contribution in [1.82, 2.24) is 9.21 Å². The van der Waals surface area contributed by atoms with Crippen LogP contribution in [0.3, 0.4) is 0 Å². The molecule has 1 atom stereocenters. The number of nitrogens with zero attached hydrogens (tertiary/aromatic N) is 2. The van der Waals surface area contributed by atoms with Gasteiger partial charge < -0.3 is 4.90 Å². The van der Waals surface area contributed by atoms with E-state index in [2.05, 4.69) is 0 Å². The summed E-state index contributed by atoms with van der Waals surface area (Å²) < 4.78 is 26.6. The molecule has 0 aromatic heterocycles. The predicted octanol–water partition coefficient (Wildman–Crippen LogP) is 1.97. The number of carbonyl (C=O) groups excluding carboxylic acids is 1. The van der Waals surface area contributed by atoms with Crippen LogP contribution >= 0.6 is 11.6 Å². The van der Waals surface area contributed by atoms with E-state index in [0.717, 1.165) is 6.42 Å². The fraction of sp³-hybridized carbons (Fsp3) is 0.533. The fourth-order valence-corrected chi connectivity index (χ4v) is 4.50. The number of amides is 1. The molecule has 1 aliphatic heterocycles. The molecule has 1 heterocycles. The quantitative estimate of drug-likeness (QED) is 0.839. The van der Waals surface area contributed by atoms with Crippen molar-refractivity contribution in [3.8, 4) is 0 Å². The summed E-state index contributed by atoms with van der Waals surface area (Å²) in [7, 11) is -0.0490. The van der Waals surface area contributed by atoms with E-state index in [9.17, 15) is 13.2 Å². The molecule has 0 saturated carbocycles. The Bertz CT molecular complexity index is 646. The smallest absolute Gasteiger partial charge is 0.226 e. The molecule has 0 spiro atoms. The molecular weight excluding hydrogens is 324 g/mol. The lowest BCUT2D eigenvalue weighted by molar-refractivity contribution is -0.134. The van der Waals surface area contributed by atoms with Gasteiger partial charge in [0.2, 0.25) is 15.9 Å². The molecule has 0 bridgehead atoms. The normalized spacial score (nSPS) is 19.9. The van der Waals surface area contributed by atoms with Crippen molar-refractivity contribution in [3.05, 3.63) is 34.9 Å². The van der Waals surface area contributed by atoms with Gasteiger partial charge in [-0.25, -0.2) is 12.7 Å². The van der Waals surface area contributed by atoms with E-state index in [-0.39, 0.29) is 24.1 Å². The Kier molecular flexibility index (Phi) is 5.47. The van der Waals surface area contributed by atoms with Gasteiger partial charge in [-0.15, -0.1) is 0 Å².